The number of methoxy groups -OCH3 is 1. The zero-order valence-corrected chi connectivity index (χ0v) is 10.3. The fourth-order valence-electron chi connectivity index (χ4n) is 1.42. The Bertz CT molecular complexity index is 564. The van der Waals surface area contributed by atoms with E-state index in [0.717, 1.165) is 5.57 Å². The maximum absolute atomic E-state index is 8.89. The summed E-state index contributed by atoms with van der Waals surface area (Å²) in [5.41, 5.74) is 2.17. The first-order chi connectivity index (χ1) is 8.74. The quantitative estimate of drug-likeness (QED) is 0.675. The normalized spacial score (nSPS) is 11.8. The van der Waals surface area contributed by atoms with Gasteiger partial charge in [-0.3, -0.25) is 0 Å². The number of nitrogens with zero attached hydrogens (tertiary/aromatic N) is 3. The topological polar surface area (TPSA) is 96.0 Å². The molecule has 0 spiro atoms. The average molecular weight is 249 g/mol. The molecule has 18 heavy (non-hydrogen) atoms. The highest BCUT2D eigenvalue weighted by atomic mass is 16.5. The Morgan fingerprint density at radius 3 is 3.11 bits per heavy atom. The summed E-state index contributed by atoms with van der Waals surface area (Å²) in [5, 5.41) is 12.0. The zero-order valence-electron chi connectivity index (χ0n) is 10.3. The van der Waals surface area contributed by atoms with Gasteiger partial charge in [0.2, 0.25) is 0 Å². The number of imidazole rings is 1. The van der Waals surface area contributed by atoms with Crippen LogP contribution >= 0.6 is 0 Å². The fraction of sp³-hybridized carbons (Fsp3) is 0.364. The van der Waals surface area contributed by atoms with Crippen LogP contribution in [-0.4, -0.2) is 45.3 Å². The van der Waals surface area contributed by atoms with E-state index < -0.39 is 0 Å². The van der Waals surface area contributed by atoms with E-state index >= 15 is 0 Å². The summed E-state index contributed by atoms with van der Waals surface area (Å²) in [6.07, 6.45) is 3.44. The maximum atomic E-state index is 8.89. The van der Waals surface area contributed by atoms with Gasteiger partial charge in [0.15, 0.2) is 11.5 Å². The van der Waals surface area contributed by atoms with Gasteiger partial charge in [-0.1, -0.05) is 11.6 Å². The van der Waals surface area contributed by atoms with Crippen LogP contribution in [0.15, 0.2) is 18.0 Å². The van der Waals surface area contributed by atoms with Crippen LogP contribution in [0.25, 0.3) is 11.2 Å². The molecule has 0 aliphatic rings. The minimum absolute atomic E-state index is 0.0482. The molecule has 0 atom stereocenters. The minimum atomic E-state index is 0.0482. The summed E-state index contributed by atoms with van der Waals surface area (Å²) in [4.78, 5) is 15.4. The number of hydrogen-bond donors (Lipinski definition) is 3. The second-order valence-electron chi connectivity index (χ2n) is 3.75. The Labute approximate surface area is 104 Å². The van der Waals surface area contributed by atoms with E-state index in [0.29, 0.717) is 23.5 Å². The van der Waals surface area contributed by atoms with E-state index in [2.05, 4.69) is 25.3 Å². The standard InChI is InChI=1S/C11H15N5O2/c1-7(5-17)3-4-12-9-8-10(14-6-13-8)16-11(15-9)18-2/h3,6,17H,4-5H2,1-2H3,(H2,12,13,14,15,16)/b7-3-. The van der Waals surface area contributed by atoms with E-state index in [4.69, 9.17) is 9.84 Å². The molecule has 0 saturated carbocycles. The number of aromatic amines is 1. The second-order valence-corrected chi connectivity index (χ2v) is 3.75. The van der Waals surface area contributed by atoms with Crippen LogP contribution in [-0.2, 0) is 0 Å². The van der Waals surface area contributed by atoms with Gasteiger partial charge < -0.3 is 20.1 Å². The Morgan fingerprint density at radius 2 is 2.39 bits per heavy atom. The number of fused-ring (bicyclic) bond motifs is 1. The Morgan fingerprint density at radius 1 is 1.56 bits per heavy atom. The van der Waals surface area contributed by atoms with E-state index in [-0.39, 0.29) is 12.6 Å². The zero-order chi connectivity index (χ0) is 13.0. The molecule has 0 aliphatic heterocycles. The summed E-state index contributed by atoms with van der Waals surface area (Å²) in [6, 6.07) is 0.275. The number of aromatic nitrogens is 4. The molecule has 0 fully saturated rings. The van der Waals surface area contributed by atoms with Gasteiger partial charge >= 0.3 is 6.01 Å². The number of nitrogens with one attached hydrogen (secondary N) is 2. The molecule has 0 aromatic carbocycles. The molecule has 2 rings (SSSR count). The van der Waals surface area contributed by atoms with Gasteiger partial charge in [-0.2, -0.15) is 9.97 Å². The highest BCUT2D eigenvalue weighted by Crippen LogP contribution is 2.19. The lowest BCUT2D eigenvalue weighted by Crippen LogP contribution is -2.05. The van der Waals surface area contributed by atoms with Crippen molar-refractivity contribution in [2.24, 2.45) is 0 Å². The first-order valence-electron chi connectivity index (χ1n) is 5.50. The van der Waals surface area contributed by atoms with Crippen LogP contribution in [0, 0.1) is 0 Å². The molecule has 0 bridgehead atoms. The molecule has 3 N–H and O–H groups in total. The van der Waals surface area contributed by atoms with Crippen LogP contribution in [0.4, 0.5) is 5.82 Å². The first kappa shape index (κ1) is 12.3. The number of aliphatic hydroxyl groups is 1. The van der Waals surface area contributed by atoms with Crippen molar-refractivity contribution in [2.75, 3.05) is 25.6 Å². The van der Waals surface area contributed by atoms with Gasteiger partial charge in [0, 0.05) is 6.54 Å². The van der Waals surface area contributed by atoms with Gasteiger partial charge in [-0.15, -0.1) is 0 Å². The Hall–Kier alpha value is -2.15. The third-order valence-corrected chi connectivity index (χ3v) is 2.41. The van der Waals surface area contributed by atoms with Gasteiger partial charge in [-0.05, 0) is 6.92 Å². The Balaban J connectivity index is 2.23. The number of H-pyrrole nitrogens is 1. The van der Waals surface area contributed by atoms with Gasteiger partial charge in [0.25, 0.3) is 0 Å². The molecule has 2 heterocycles. The third kappa shape index (κ3) is 2.57. The fourth-order valence-corrected chi connectivity index (χ4v) is 1.42. The average Bonchev–Trinajstić information content (AvgIpc) is 2.86. The van der Waals surface area contributed by atoms with E-state index in [1.807, 2.05) is 13.0 Å². The van der Waals surface area contributed by atoms with Crippen molar-refractivity contribution in [1.29, 1.82) is 0 Å². The van der Waals surface area contributed by atoms with Crippen LogP contribution in [0.1, 0.15) is 6.92 Å². The van der Waals surface area contributed by atoms with Crippen LogP contribution in [0.2, 0.25) is 0 Å². The monoisotopic (exact) mass is 249 g/mol. The number of anilines is 1. The van der Waals surface area contributed by atoms with Crippen molar-refractivity contribution >= 4 is 17.0 Å². The maximum Gasteiger partial charge on any atom is 0.320 e. The molecule has 7 heteroatoms. The highest BCUT2D eigenvalue weighted by molar-refractivity contribution is 5.82. The molecule has 0 amide bonds. The predicted molar refractivity (Wildman–Crippen MR) is 67.6 cm³/mol. The molecular weight excluding hydrogens is 234 g/mol. The summed E-state index contributed by atoms with van der Waals surface area (Å²) < 4.78 is 5.02. The lowest BCUT2D eigenvalue weighted by molar-refractivity contribution is 0.331. The largest absolute Gasteiger partial charge is 0.467 e. The van der Waals surface area contributed by atoms with Gasteiger partial charge in [-0.25, -0.2) is 4.98 Å². The Kier molecular flexibility index (Phi) is 3.73. The molecule has 0 unspecified atom stereocenters. The van der Waals surface area contributed by atoms with Crippen LogP contribution < -0.4 is 10.1 Å². The highest BCUT2D eigenvalue weighted by Gasteiger charge is 2.09. The van der Waals surface area contributed by atoms with Gasteiger partial charge in [0.1, 0.15) is 5.52 Å². The molecular formula is C11H15N5O2. The summed E-state index contributed by atoms with van der Waals surface area (Å²) in [7, 11) is 1.51. The molecule has 0 aliphatic carbocycles. The lowest BCUT2D eigenvalue weighted by atomic mass is 10.3. The molecule has 2 aromatic heterocycles. The second kappa shape index (κ2) is 5.46. The lowest BCUT2D eigenvalue weighted by Gasteiger charge is -2.05. The van der Waals surface area contributed by atoms with E-state index in [1.54, 1.807) is 6.33 Å². The smallest absolute Gasteiger partial charge is 0.320 e. The minimum Gasteiger partial charge on any atom is -0.467 e. The molecule has 7 nitrogen and oxygen atoms in total. The third-order valence-electron chi connectivity index (χ3n) is 2.41. The van der Waals surface area contributed by atoms with Crippen molar-refractivity contribution < 1.29 is 9.84 Å². The number of rotatable bonds is 5. The summed E-state index contributed by atoms with van der Waals surface area (Å²) >= 11 is 0. The first-order valence-corrected chi connectivity index (χ1v) is 5.50. The van der Waals surface area contributed by atoms with E-state index in [1.165, 1.54) is 7.11 Å². The number of aliphatic hydroxyl groups excluding tert-OH is 1. The predicted octanol–water partition coefficient (Wildman–Crippen LogP) is 0.712. The van der Waals surface area contributed by atoms with Crippen LogP contribution in [0.5, 0.6) is 6.01 Å². The SMILES string of the molecule is COc1nc(NC/C=C(/C)CO)c2nc[nH]c2n1. The van der Waals surface area contributed by atoms with Crippen molar-refractivity contribution in [3.05, 3.63) is 18.0 Å². The molecule has 2 aromatic rings. The number of ether oxygens (including phenoxy) is 1. The summed E-state index contributed by atoms with van der Waals surface area (Å²) in [6.45, 7) is 2.45. The van der Waals surface area contributed by atoms with E-state index in [9.17, 15) is 0 Å². The van der Waals surface area contributed by atoms with Crippen LogP contribution in [0.3, 0.4) is 0 Å². The van der Waals surface area contributed by atoms with Crippen molar-refractivity contribution in [1.82, 2.24) is 19.9 Å². The number of hydrogen-bond acceptors (Lipinski definition) is 6. The molecule has 96 valence electrons. The molecule has 0 saturated heterocycles. The van der Waals surface area contributed by atoms with Gasteiger partial charge in [0.05, 0.1) is 20.0 Å². The van der Waals surface area contributed by atoms with Crippen molar-refractivity contribution in [2.45, 2.75) is 6.92 Å². The summed E-state index contributed by atoms with van der Waals surface area (Å²) in [5.74, 6) is 0.597. The molecule has 0 radical (unpaired) electrons. The van der Waals surface area contributed by atoms with Crippen molar-refractivity contribution in [3.8, 4) is 6.01 Å². The van der Waals surface area contributed by atoms with Crippen molar-refractivity contribution in [3.63, 3.8) is 0 Å².